The first-order valence-electron chi connectivity index (χ1n) is 6.18. The Labute approximate surface area is 118 Å². The van der Waals surface area contributed by atoms with Gasteiger partial charge in [-0.15, -0.1) is 0 Å². The predicted molar refractivity (Wildman–Crippen MR) is 76.6 cm³/mol. The molecule has 4 nitrogen and oxygen atoms in total. The van der Waals surface area contributed by atoms with Crippen molar-refractivity contribution in [1.29, 1.82) is 0 Å². The number of halogens is 1. The second-order valence-electron chi connectivity index (χ2n) is 4.63. The Kier molecular flexibility index (Phi) is 4.45. The van der Waals surface area contributed by atoms with E-state index in [9.17, 15) is 0 Å². The molecule has 0 aliphatic heterocycles. The van der Waals surface area contributed by atoms with Crippen LogP contribution in [0.5, 0.6) is 5.75 Å². The van der Waals surface area contributed by atoms with E-state index in [2.05, 4.69) is 5.10 Å². The van der Waals surface area contributed by atoms with Crippen LogP contribution in [0.25, 0.3) is 0 Å². The summed E-state index contributed by atoms with van der Waals surface area (Å²) in [5.74, 6) is 0.779. The molecule has 1 aromatic carbocycles. The van der Waals surface area contributed by atoms with Crippen molar-refractivity contribution >= 4 is 11.6 Å². The fraction of sp³-hybridized carbons (Fsp3) is 0.357. The number of aromatic nitrogens is 2. The van der Waals surface area contributed by atoms with E-state index in [0.29, 0.717) is 11.6 Å². The first-order valence-corrected chi connectivity index (χ1v) is 6.56. The van der Waals surface area contributed by atoms with Crippen LogP contribution >= 0.6 is 11.6 Å². The molecule has 2 rings (SSSR count). The zero-order valence-corrected chi connectivity index (χ0v) is 11.9. The van der Waals surface area contributed by atoms with Crippen LogP contribution < -0.4 is 10.5 Å². The molecule has 5 heteroatoms. The highest BCUT2D eigenvalue weighted by molar-refractivity contribution is 6.30. The molecule has 1 aromatic heterocycles. The molecule has 1 heterocycles. The Bertz CT molecular complexity index is 536. The van der Waals surface area contributed by atoms with E-state index in [0.717, 1.165) is 23.6 Å². The molecule has 1 atom stereocenters. The van der Waals surface area contributed by atoms with Gasteiger partial charge in [-0.2, -0.15) is 5.10 Å². The number of ether oxygens (including phenoxy) is 1. The lowest BCUT2D eigenvalue weighted by Gasteiger charge is -2.13. The van der Waals surface area contributed by atoms with Crippen LogP contribution in [0.4, 0.5) is 0 Å². The molecule has 0 saturated heterocycles. The smallest absolute Gasteiger partial charge is 0.119 e. The van der Waals surface area contributed by atoms with E-state index >= 15 is 0 Å². The fourth-order valence-corrected chi connectivity index (χ4v) is 2.04. The molecule has 1 unspecified atom stereocenters. The quantitative estimate of drug-likeness (QED) is 0.914. The van der Waals surface area contributed by atoms with Crippen molar-refractivity contribution in [2.75, 3.05) is 6.61 Å². The number of nitrogens with zero attached hydrogens (tertiary/aromatic N) is 2. The molecule has 0 fully saturated rings. The zero-order chi connectivity index (χ0) is 13.8. The standard InChI is InChI=1S/C14H18ClN3O/c1-10-7-13(18(2)17-10)8-12(16)9-19-14-5-3-11(15)4-6-14/h3-7,12H,8-9,16H2,1-2H3. The highest BCUT2D eigenvalue weighted by atomic mass is 35.5. The molecule has 0 spiro atoms. The number of nitrogens with two attached hydrogens (primary N) is 1. The van der Waals surface area contributed by atoms with Crippen LogP contribution in [0, 0.1) is 6.92 Å². The van der Waals surface area contributed by atoms with Crippen molar-refractivity contribution in [2.45, 2.75) is 19.4 Å². The maximum Gasteiger partial charge on any atom is 0.119 e. The fourth-order valence-electron chi connectivity index (χ4n) is 1.92. The molecular weight excluding hydrogens is 262 g/mol. The monoisotopic (exact) mass is 279 g/mol. The first-order chi connectivity index (χ1) is 9.04. The van der Waals surface area contributed by atoms with Gasteiger partial charge in [-0.1, -0.05) is 11.6 Å². The van der Waals surface area contributed by atoms with Crippen molar-refractivity contribution in [3.8, 4) is 5.75 Å². The van der Waals surface area contributed by atoms with Gasteiger partial charge in [-0.05, 0) is 37.3 Å². The third kappa shape index (κ3) is 3.98. The highest BCUT2D eigenvalue weighted by Gasteiger charge is 2.09. The predicted octanol–water partition coefficient (Wildman–Crippen LogP) is 2.33. The average molecular weight is 280 g/mol. The molecule has 0 amide bonds. The molecule has 102 valence electrons. The number of aryl methyl sites for hydroxylation is 2. The molecule has 2 aromatic rings. The van der Waals surface area contributed by atoms with Crippen LogP contribution in [0.15, 0.2) is 30.3 Å². The normalized spacial score (nSPS) is 12.4. The lowest BCUT2D eigenvalue weighted by atomic mass is 10.2. The van der Waals surface area contributed by atoms with Gasteiger partial charge in [0.15, 0.2) is 0 Å². The molecule has 0 saturated carbocycles. The topological polar surface area (TPSA) is 53.1 Å². The molecule has 19 heavy (non-hydrogen) atoms. The summed E-state index contributed by atoms with van der Waals surface area (Å²) < 4.78 is 7.49. The molecule has 0 radical (unpaired) electrons. The van der Waals surface area contributed by atoms with Crippen LogP contribution in [-0.2, 0) is 13.5 Å². The summed E-state index contributed by atoms with van der Waals surface area (Å²) in [4.78, 5) is 0. The van der Waals surface area contributed by atoms with E-state index in [-0.39, 0.29) is 6.04 Å². The maximum absolute atomic E-state index is 6.07. The van der Waals surface area contributed by atoms with Gasteiger partial charge in [0.25, 0.3) is 0 Å². The number of benzene rings is 1. The number of hydrogen-bond donors (Lipinski definition) is 1. The van der Waals surface area contributed by atoms with Crippen LogP contribution in [0.3, 0.4) is 0 Å². The number of hydrogen-bond acceptors (Lipinski definition) is 3. The van der Waals surface area contributed by atoms with Crippen molar-refractivity contribution in [1.82, 2.24) is 9.78 Å². The van der Waals surface area contributed by atoms with Crippen LogP contribution in [0.2, 0.25) is 5.02 Å². The summed E-state index contributed by atoms with van der Waals surface area (Å²) in [7, 11) is 1.93. The third-order valence-corrected chi connectivity index (χ3v) is 3.10. The van der Waals surface area contributed by atoms with Gasteiger partial charge >= 0.3 is 0 Å². The van der Waals surface area contributed by atoms with E-state index in [1.54, 1.807) is 12.1 Å². The lowest BCUT2D eigenvalue weighted by molar-refractivity contribution is 0.286. The van der Waals surface area contributed by atoms with Gasteiger partial charge in [0.05, 0.1) is 5.69 Å². The summed E-state index contributed by atoms with van der Waals surface area (Å²) in [6, 6.07) is 9.25. The van der Waals surface area contributed by atoms with Gasteiger partial charge in [-0.3, -0.25) is 4.68 Å². The van der Waals surface area contributed by atoms with E-state index in [1.807, 2.05) is 36.9 Å². The largest absolute Gasteiger partial charge is 0.492 e. The second kappa shape index (κ2) is 6.08. The van der Waals surface area contributed by atoms with Crippen LogP contribution in [0.1, 0.15) is 11.4 Å². The summed E-state index contributed by atoms with van der Waals surface area (Å²) >= 11 is 5.81. The molecule has 0 aliphatic carbocycles. The van der Waals surface area contributed by atoms with Gasteiger partial charge < -0.3 is 10.5 Å². The Balaban J connectivity index is 1.86. The Morgan fingerprint density at radius 1 is 1.37 bits per heavy atom. The Morgan fingerprint density at radius 3 is 2.63 bits per heavy atom. The third-order valence-electron chi connectivity index (χ3n) is 2.85. The molecule has 2 N–H and O–H groups in total. The summed E-state index contributed by atoms with van der Waals surface area (Å²) in [6.07, 6.45) is 0.741. The molecule has 0 bridgehead atoms. The minimum atomic E-state index is -0.0644. The highest BCUT2D eigenvalue weighted by Crippen LogP contribution is 2.15. The molecular formula is C14H18ClN3O. The van der Waals surface area contributed by atoms with Crippen LogP contribution in [-0.4, -0.2) is 22.4 Å². The average Bonchev–Trinajstić information content (AvgIpc) is 2.67. The summed E-state index contributed by atoms with van der Waals surface area (Å²) in [5, 5.41) is 4.99. The Hall–Kier alpha value is -1.52. The summed E-state index contributed by atoms with van der Waals surface area (Å²) in [5.41, 5.74) is 8.19. The van der Waals surface area contributed by atoms with E-state index in [1.165, 1.54) is 0 Å². The van der Waals surface area contributed by atoms with Crippen molar-refractivity contribution in [2.24, 2.45) is 12.8 Å². The van der Waals surface area contributed by atoms with Crippen molar-refractivity contribution < 1.29 is 4.74 Å². The van der Waals surface area contributed by atoms with Gasteiger partial charge in [0, 0.05) is 30.2 Å². The van der Waals surface area contributed by atoms with Gasteiger partial charge in [-0.25, -0.2) is 0 Å². The van der Waals surface area contributed by atoms with Gasteiger partial charge in [0.2, 0.25) is 0 Å². The SMILES string of the molecule is Cc1cc(CC(N)COc2ccc(Cl)cc2)n(C)n1. The minimum Gasteiger partial charge on any atom is -0.492 e. The van der Waals surface area contributed by atoms with Gasteiger partial charge in [0.1, 0.15) is 12.4 Å². The van der Waals surface area contributed by atoms with Crippen molar-refractivity contribution in [3.05, 3.63) is 46.7 Å². The maximum atomic E-state index is 6.07. The first kappa shape index (κ1) is 13.9. The minimum absolute atomic E-state index is 0.0644. The lowest BCUT2D eigenvalue weighted by Crippen LogP contribution is -2.30. The second-order valence-corrected chi connectivity index (χ2v) is 5.07. The summed E-state index contributed by atoms with van der Waals surface area (Å²) in [6.45, 7) is 2.44. The zero-order valence-electron chi connectivity index (χ0n) is 11.1. The Morgan fingerprint density at radius 2 is 2.05 bits per heavy atom. The van der Waals surface area contributed by atoms with E-state index in [4.69, 9.17) is 22.1 Å². The molecule has 0 aliphatic rings. The van der Waals surface area contributed by atoms with E-state index < -0.39 is 0 Å². The number of rotatable bonds is 5. The van der Waals surface area contributed by atoms with Crippen molar-refractivity contribution in [3.63, 3.8) is 0 Å².